The van der Waals surface area contributed by atoms with Gasteiger partial charge in [0.05, 0.1) is 6.10 Å². The maximum atomic E-state index is 13.7. The zero-order chi connectivity index (χ0) is 14.0. The standard InChI is InChI=1S/C15H14BrFO2/c1-9-3-6-13(17)15(7-9)19-14-8-11(16)4-5-12(14)10(2)18/h3-8,10,18H,1-2H3. The number of hydrogen-bond donors (Lipinski definition) is 1. The Morgan fingerprint density at radius 2 is 1.89 bits per heavy atom. The molecular formula is C15H14BrFO2. The van der Waals surface area contributed by atoms with Gasteiger partial charge in [-0.05, 0) is 43.7 Å². The topological polar surface area (TPSA) is 29.5 Å². The van der Waals surface area contributed by atoms with Crippen molar-refractivity contribution >= 4 is 15.9 Å². The molecule has 2 rings (SSSR count). The molecule has 1 unspecified atom stereocenters. The number of ether oxygens (including phenoxy) is 1. The van der Waals surface area contributed by atoms with E-state index in [1.165, 1.54) is 6.07 Å². The number of aryl methyl sites for hydroxylation is 1. The minimum absolute atomic E-state index is 0.153. The van der Waals surface area contributed by atoms with Gasteiger partial charge in [0.2, 0.25) is 0 Å². The summed E-state index contributed by atoms with van der Waals surface area (Å²) < 4.78 is 20.1. The quantitative estimate of drug-likeness (QED) is 0.883. The molecule has 2 aromatic rings. The highest BCUT2D eigenvalue weighted by molar-refractivity contribution is 9.10. The molecule has 2 nitrogen and oxygen atoms in total. The average molecular weight is 325 g/mol. The molecule has 4 heteroatoms. The van der Waals surface area contributed by atoms with Crippen LogP contribution in [0, 0.1) is 12.7 Å². The first-order chi connectivity index (χ1) is 8.97. The summed E-state index contributed by atoms with van der Waals surface area (Å²) in [5.74, 6) is 0.163. The molecule has 1 N–H and O–H groups in total. The average Bonchev–Trinajstić information content (AvgIpc) is 2.33. The molecule has 0 bridgehead atoms. The molecule has 0 heterocycles. The van der Waals surface area contributed by atoms with Gasteiger partial charge < -0.3 is 9.84 Å². The van der Waals surface area contributed by atoms with Crippen molar-refractivity contribution < 1.29 is 14.2 Å². The number of hydrogen-bond acceptors (Lipinski definition) is 2. The highest BCUT2D eigenvalue weighted by Crippen LogP contribution is 2.33. The van der Waals surface area contributed by atoms with E-state index in [4.69, 9.17) is 4.74 Å². The first kappa shape index (κ1) is 14.0. The van der Waals surface area contributed by atoms with Crippen molar-refractivity contribution in [1.29, 1.82) is 0 Å². The molecule has 0 aliphatic carbocycles. The van der Waals surface area contributed by atoms with Crippen molar-refractivity contribution in [2.24, 2.45) is 0 Å². The highest BCUT2D eigenvalue weighted by atomic mass is 79.9. The largest absolute Gasteiger partial charge is 0.454 e. The van der Waals surface area contributed by atoms with E-state index in [2.05, 4.69) is 15.9 Å². The van der Waals surface area contributed by atoms with Crippen LogP contribution in [0.3, 0.4) is 0 Å². The number of benzene rings is 2. The van der Waals surface area contributed by atoms with E-state index in [-0.39, 0.29) is 5.75 Å². The molecule has 0 saturated carbocycles. The Balaban J connectivity index is 2.42. The van der Waals surface area contributed by atoms with Crippen molar-refractivity contribution in [3.63, 3.8) is 0 Å². The molecule has 0 aliphatic rings. The minimum Gasteiger partial charge on any atom is -0.454 e. The maximum Gasteiger partial charge on any atom is 0.165 e. The summed E-state index contributed by atoms with van der Waals surface area (Å²) in [4.78, 5) is 0. The van der Waals surface area contributed by atoms with Gasteiger partial charge >= 0.3 is 0 Å². The smallest absolute Gasteiger partial charge is 0.165 e. The summed E-state index contributed by atoms with van der Waals surface area (Å²) in [5.41, 5.74) is 1.52. The van der Waals surface area contributed by atoms with Crippen molar-refractivity contribution in [3.05, 3.63) is 57.8 Å². The highest BCUT2D eigenvalue weighted by Gasteiger charge is 2.12. The Kier molecular flexibility index (Phi) is 4.22. The first-order valence-corrected chi connectivity index (χ1v) is 6.68. The van der Waals surface area contributed by atoms with Crippen LogP contribution < -0.4 is 4.74 Å². The van der Waals surface area contributed by atoms with E-state index in [1.54, 1.807) is 31.2 Å². The van der Waals surface area contributed by atoms with Crippen LogP contribution in [0.15, 0.2) is 40.9 Å². The molecule has 0 saturated heterocycles. The summed E-state index contributed by atoms with van der Waals surface area (Å²) in [7, 11) is 0. The van der Waals surface area contributed by atoms with E-state index in [0.29, 0.717) is 11.3 Å². The Hall–Kier alpha value is -1.39. The lowest BCUT2D eigenvalue weighted by Crippen LogP contribution is -1.97. The van der Waals surface area contributed by atoms with Crippen molar-refractivity contribution in [3.8, 4) is 11.5 Å². The van der Waals surface area contributed by atoms with Crippen LogP contribution in [-0.4, -0.2) is 5.11 Å². The van der Waals surface area contributed by atoms with Crippen molar-refractivity contribution in [1.82, 2.24) is 0 Å². The lowest BCUT2D eigenvalue weighted by molar-refractivity contribution is 0.195. The summed E-state index contributed by atoms with van der Waals surface area (Å²) in [6.45, 7) is 3.51. The Bertz CT molecular complexity index is 597. The molecular weight excluding hydrogens is 311 g/mol. The van der Waals surface area contributed by atoms with Gasteiger partial charge in [0.25, 0.3) is 0 Å². The van der Waals surface area contributed by atoms with Gasteiger partial charge in [0.1, 0.15) is 5.75 Å². The number of rotatable bonds is 3. The molecule has 0 fully saturated rings. The van der Waals surface area contributed by atoms with Gasteiger partial charge in [0.15, 0.2) is 11.6 Å². The van der Waals surface area contributed by atoms with Crippen molar-refractivity contribution in [2.45, 2.75) is 20.0 Å². The monoisotopic (exact) mass is 324 g/mol. The van der Waals surface area contributed by atoms with Crippen LogP contribution in [0.25, 0.3) is 0 Å². The summed E-state index contributed by atoms with van der Waals surface area (Å²) in [6.07, 6.45) is -0.684. The van der Waals surface area contributed by atoms with Gasteiger partial charge in [-0.15, -0.1) is 0 Å². The van der Waals surface area contributed by atoms with Crippen LogP contribution >= 0.6 is 15.9 Å². The van der Waals surface area contributed by atoms with E-state index in [0.717, 1.165) is 10.0 Å². The van der Waals surface area contributed by atoms with Gasteiger partial charge in [-0.3, -0.25) is 0 Å². The molecule has 0 aromatic heterocycles. The maximum absolute atomic E-state index is 13.7. The van der Waals surface area contributed by atoms with Crippen LogP contribution in [0.5, 0.6) is 11.5 Å². The molecule has 1 atom stereocenters. The number of halogens is 2. The van der Waals surface area contributed by atoms with Gasteiger partial charge in [-0.2, -0.15) is 0 Å². The molecule has 100 valence electrons. The fourth-order valence-corrected chi connectivity index (χ4v) is 2.09. The zero-order valence-electron chi connectivity index (χ0n) is 10.7. The van der Waals surface area contributed by atoms with Gasteiger partial charge in [-0.25, -0.2) is 4.39 Å². The predicted octanol–water partition coefficient (Wildman–Crippen LogP) is 4.74. The van der Waals surface area contributed by atoms with Crippen LogP contribution in [-0.2, 0) is 0 Å². The van der Waals surface area contributed by atoms with E-state index >= 15 is 0 Å². The Morgan fingerprint density at radius 1 is 1.16 bits per heavy atom. The first-order valence-electron chi connectivity index (χ1n) is 5.89. The third kappa shape index (κ3) is 3.33. The van der Waals surface area contributed by atoms with Crippen LogP contribution in [0.4, 0.5) is 4.39 Å². The second kappa shape index (κ2) is 5.72. The molecule has 0 amide bonds. The zero-order valence-corrected chi connectivity index (χ0v) is 12.2. The molecule has 0 spiro atoms. The predicted molar refractivity (Wildman–Crippen MR) is 76.0 cm³/mol. The van der Waals surface area contributed by atoms with E-state index < -0.39 is 11.9 Å². The second-order valence-corrected chi connectivity index (χ2v) is 5.31. The third-order valence-corrected chi connectivity index (χ3v) is 3.23. The number of aliphatic hydroxyl groups is 1. The van der Waals surface area contributed by atoms with Gasteiger partial charge in [-0.1, -0.05) is 28.1 Å². The third-order valence-electron chi connectivity index (χ3n) is 2.73. The van der Waals surface area contributed by atoms with Gasteiger partial charge in [0, 0.05) is 10.0 Å². The normalized spacial score (nSPS) is 12.3. The second-order valence-electron chi connectivity index (χ2n) is 4.39. The summed E-state index contributed by atoms with van der Waals surface area (Å²) in [6, 6.07) is 9.94. The van der Waals surface area contributed by atoms with Crippen molar-refractivity contribution in [2.75, 3.05) is 0 Å². The fourth-order valence-electron chi connectivity index (χ4n) is 1.75. The molecule has 0 aliphatic heterocycles. The Morgan fingerprint density at radius 3 is 2.58 bits per heavy atom. The minimum atomic E-state index is -0.684. The summed E-state index contributed by atoms with van der Waals surface area (Å²) >= 11 is 3.34. The van der Waals surface area contributed by atoms with Crippen LogP contribution in [0.1, 0.15) is 24.2 Å². The fraction of sp³-hybridized carbons (Fsp3) is 0.200. The Labute approximate surface area is 120 Å². The lowest BCUT2D eigenvalue weighted by atomic mass is 10.1. The molecule has 19 heavy (non-hydrogen) atoms. The molecule has 0 radical (unpaired) electrons. The summed E-state index contributed by atoms with van der Waals surface area (Å²) in [5, 5.41) is 9.71. The lowest BCUT2D eigenvalue weighted by Gasteiger charge is -2.14. The SMILES string of the molecule is Cc1ccc(F)c(Oc2cc(Br)ccc2C(C)O)c1. The molecule has 2 aromatic carbocycles. The van der Waals surface area contributed by atoms with Crippen LogP contribution in [0.2, 0.25) is 0 Å². The van der Waals surface area contributed by atoms with E-state index in [1.807, 2.05) is 13.0 Å². The number of aliphatic hydroxyl groups excluding tert-OH is 1. The van der Waals surface area contributed by atoms with E-state index in [9.17, 15) is 9.50 Å².